The number of ketones is 1. The van der Waals surface area contributed by atoms with Crippen molar-refractivity contribution in [3.05, 3.63) is 113 Å². The standard InChI is InChI=1S/C23H18O/c1-16(24)21-22(17-10-4-2-5-11-17)19-14-8-9-15-20(19)23(21)18-12-6-3-7-13-18/h2-15,22H,1H3. The van der Waals surface area contributed by atoms with Gasteiger partial charge in [-0.15, -0.1) is 0 Å². The topological polar surface area (TPSA) is 17.1 Å². The lowest BCUT2D eigenvalue weighted by molar-refractivity contribution is -0.113. The number of carbonyl (C=O) groups excluding carboxylic acids is 1. The van der Waals surface area contributed by atoms with E-state index in [0.717, 1.165) is 16.7 Å². The van der Waals surface area contributed by atoms with Crippen LogP contribution >= 0.6 is 0 Å². The van der Waals surface area contributed by atoms with Crippen LogP contribution in [0.4, 0.5) is 0 Å². The van der Waals surface area contributed by atoms with Crippen molar-refractivity contribution >= 4 is 11.4 Å². The molecular weight excluding hydrogens is 292 g/mol. The maximum atomic E-state index is 12.6. The molecule has 0 aromatic heterocycles. The highest BCUT2D eigenvalue weighted by Crippen LogP contribution is 2.48. The van der Waals surface area contributed by atoms with Crippen LogP contribution in [0, 0.1) is 0 Å². The van der Waals surface area contributed by atoms with Gasteiger partial charge in [0.1, 0.15) is 0 Å². The molecule has 0 bridgehead atoms. The molecule has 4 rings (SSSR count). The predicted octanol–water partition coefficient (Wildman–Crippen LogP) is 5.22. The average molecular weight is 310 g/mol. The molecule has 1 nitrogen and oxygen atoms in total. The van der Waals surface area contributed by atoms with Crippen molar-refractivity contribution in [2.45, 2.75) is 12.8 Å². The number of benzene rings is 3. The molecule has 0 amide bonds. The second-order valence-corrected chi connectivity index (χ2v) is 6.14. The van der Waals surface area contributed by atoms with Crippen molar-refractivity contribution in [2.75, 3.05) is 0 Å². The van der Waals surface area contributed by atoms with Gasteiger partial charge < -0.3 is 0 Å². The van der Waals surface area contributed by atoms with Crippen molar-refractivity contribution in [1.29, 1.82) is 0 Å². The Morgan fingerprint density at radius 2 is 1.33 bits per heavy atom. The SMILES string of the molecule is CC(=O)C1=C(c2ccccc2)c2ccccc2C1c1ccccc1. The predicted molar refractivity (Wildman–Crippen MR) is 97.9 cm³/mol. The van der Waals surface area contributed by atoms with Gasteiger partial charge in [-0.2, -0.15) is 0 Å². The Morgan fingerprint density at radius 1 is 0.750 bits per heavy atom. The Morgan fingerprint density at radius 3 is 2.00 bits per heavy atom. The Hall–Kier alpha value is -2.93. The minimum atomic E-state index is 0.00936. The van der Waals surface area contributed by atoms with E-state index < -0.39 is 0 Å². The van der Waals surface area contributed by atoms with Crippen molar-refractivity contribution in [3.8, 4) is 0 Å². The summed E-state index contributed by atoms with van der Waals surface area (Å²) in [4.78, 5) is 12.6. The van der Waals surface area contributed by atoms with Crippen molar-refractivity contribution in [3.63, 3.8) is 0 Å². The van der Waals surface area contributed by atoms with Crippen LogP contribution in [0.5, 0.6) is 0 Å². The van der Waals surface area contributed by atoms with Gasteiger partial charge in [0.2, 0.25) is 0 Å². The molecule has 3 aromatic rings. The van der Waals surface area contributed by atoms with Gasteiger partial charge in [0.15, 0.2) is 5.78 Å². The maximum absolute atomic E-state index is 12.6. The Balaban J connectivity index is 2.04. The number of carbonyl (C=O) groups is 1. The number of Topliss-reactive ketones (excluding diaryl/α,β-unsaturated/α-hetero) is 1. The van der Waals surface area contributed by atoms with E-state index in [-0.39, 0.29) is 11.7 Å². The highest BCUT2D eigenvalue weighted by molar-refractivity contribution is 6.09. The molecule has 0 heterocycles. The molecule has 24 heavy (non-hydrogen) atoms. The highest BCUT2D eigenvalue weighted by Gasteiger charge is 2.34. The summed E-state index contributed by atoms with van der Waals surface area (Å²) in [6.07, 6.45) is 0. The fourth-order valence-corrected chi connectivity index (χ4v) is 3.71. The van der Waals surface area contributed by atoms with Gasteiger partial charge in [0.25, 0.3) is 0 Å². The van der Waals surface area contributed by atoms with Crippen LogP contribution < -0.4 is 0 Å². The summed E-state index contributed by atoms with van der Waals surface area (Å²) in [7, 11) is 0. The second kappa shape index (κ2) is 5.93. The summed E-state index contributed by atoms with van der Waals surface area (Å²) in [6.45, 7) is 1.68. The van der Waals surface area contributed by atoms with E-state index in [2.05, 4.69) is 42.5 Å². The maximum Gasteiger partial charge on any atom is 0.157 e. The van der Waals surface area contributed by atoms with Gasteiger partial charge in [0.05, 0.1) is 0 Å². The zero-order valence-electron chi connectivity index (χ0n) is 13.6. The fraction of sp³-hybridized carbons (Fsp3) is 0.0870. The number of fused-ring (bicyclic) bond motifs is 1. The van der Waals surface area contributed by atoms with Crippen LogP contribution in [0.2, 0.25) is 0 Å². The van der Waals surface area contributed by atoms with E-state index >= 15 is 0 Å². The summed E-state index contributed by atoms with van der Waals surface area (Å²) in [5.74, 6) is 0.147. The third-order valence-electron chi connectivity index (χ3n) is 4.67. The Labute approximate surface area is 142 Å². The van der Waals surface area contributed by atoms with Crippen LogP contribution in [0.25, 0.3) is 5.57 Å². The van der Waals surface area contributed by atoms with Crippen LogP contribution in [-0.2, 0) is 4.79 Å². The Bertz CT molecular complexity index is 921. The van der Waals surface area contributed by atoms with Gasteiger partial charge >= 0.3 is 0 Å². The van der Waals surface area contributed by atoms with Gasteiger partial charge in [-0.1, -0.05) is 84.9 Å². The number of allylic oxidation sites excluding steroid dienone is 1. The smallest absolute Gasteiger partial charge is 0.157 e. The van der Waals surface area contributed by atoms with E-state index in [1.165, 1.54) is 16.7 Å². The molecule has 1 atom stereocenters. The zero-order chi connectivity index (χ0) is 16.5. The zero-order valence-corrected chi connectivity index (χ0v) is 13.6. The van der Waals surface area contributed by atoms with Crippen LogP contribution in [0.1, 0.15) is 35.1 Å². The third-order valence-corrected chi connectivity index (χ3v) is 4.67. The molecule has 3 aromatic carbocycles. The summed E-state index contributed by atoms with van der Waals surface area (Å²) >= 11 is 0. The molecule has 0 fully saturated rings. The minimum Gasteiger partial charge on any atom is -0.295 e. The van der Waals surface area contributed by atoms with Gasteiger partial charge in [-0.05, 0) is 34.8 Å². The highest BCUT2D eigenvalue weighted by atomic mass is 16.1. The monoisotopic (exact) mass is 310 g/mol. The van der Waals surface area contributed by atoms with E-state index in [0.29, 0.717) is 0 Å². The number of rotatable bonds is 3. The Kier molecular flexibility index (Phi) is 3.62. The van der Waals surface area contributed by atoms with E-state index in [1.54, 1.807) is 6.92 Å². The first-order valence-electron chi connectivity index (χ1n) is 8.22. The van der Waals surface area contributed by atoms with Crippen molar-refractivity contribution < 1.29 is 4.79 Å². The lowest BCUT2D eigenvalue weighted by Crippen LogP contribution is -2.08. The molecule has 0 radical (unpaired) electrons. The lowest BCUT2D eigenvalue weighted by atomic mass is 9.86. The molecule has 1 aliphatic rings. The molecule has 0 spiro atoms. The first-order valence-corrected chi connectivity index (χ1v) is 8.22. The van der Waals surface area contributed by atoms with Crippen LogP contribution in [0.3, 0.4) is 0 Å². The minimum absolute atomic E-state index is 0.00936. The molecule has 0 saturated heterocycles. The van der Waals surface area contributed by atoms with Crippen LogP contribution in [0.15, 0.2) is 90.5 Å². The van der Waals surface area contributed by atoms with Crippen LogP contribution in [-0.4, -0.2) is 5.78 Å². The second-order valence-electron chi connectivity index (χ2n) is 6.14. The summed E-state index contributed by atoms with van der Waals surface area (Å²) < 4.78 is 0. The first-order chi connectivity index (χ1) is 11.8. The number of hydrogen-bond acceptors (Lipinski definition) is 1. The van der Waals surface area contributed by atoms with Crippen molar-refractivity contribution in [2.24, 2.45) is 0 Å². The molecule has 0 N–H and O–H groups in total. The molecular formula is C23H18O. The summed E-state index contributed by atoms with van der Waals surface area (Å²) in [6, 6.07) is 28.9. The molecule has 0 saturated carbocycles. The van der Waals surface area contributed by atoms with Crippen molar-refractivity contribution in [1.82, 2.24) is 0 Å². The largest absolute Gasteiger partial charge is 0.295 e. The van der Waals surface area contributed by atoms with Gasteiger partial charge in [0, 0.05) is 11.5 Å². The number of hydrogen-bond donors (Lipinski definition) is 0. The summed E-state index contributed by atoms with van der Waals surface area (Å²) in [5, 5.41) is 0. The fourth-order valence-electron chi connectivity index (χ4n) is 3.71. The van der Waals surface area contributed by atoms with Gasteiger partial charge in [-0.25, -0.2) is 0 Å². The first kappa shape index (κ1) is 14.6. The lowest BCUT2D eigenvalue weighted by Gasteiger charge is -2.16. The molecule has 116 valence electrons. The third kappa shape index (κ3) is 2.30. The molecule has 1 aliphatic carbocycles. The van der Waals surface area contributed by atoms with E-state index in [1.807, 2.05) is 42.5 Å². The average Bonchev–Trinajstić information content (AvgIpc) is 2.98. The quantitative estimate of drug-likeness (QED) is 0.648. The summed E-state index contributed by atoms with van der Waals surface area (Å²) in [5.41, 5.74) is 6.63. The van der Waals surface area contributed by atoms with E-state index in [4.69, 9.17) is 0 Å². The molecule has 0 aliphatic heterocycles. The normalized spacial score (nSPS) is 16.1. The van der Waals surface area contributed by atoms with E-state index in [9.17, 15) is 4.79 Å². The molecule has 1 heteroatoms. The molecule has 1 unspecified atom stereocenters. The van der Waals surface area contributed by atoms with Gasteiger partial charge in [-0.3, -0.25) is 4.79 Å².